The Morgan fingerprint density at radius 2 is 1.94 bits per heavy atom. The predicted octanol–water partition coefficient (Wildman–Crippen LogP) is 3.18. The summed E-state index contributed by atoms with van der Waals surface area (Å²) in [6, 6.07) is 6.35. The SMILES string of the molecule is CN(c1cccc(Cl)c1Cl)C1CCNCC1. The molecule has 2 nitrogen and oxygen atoms in total. The normalized spacial score (nSPS) is 17.4. The molecule has 0 amide bonds. The maximum absolute atomic E-state index is 6.22. The summed E-state index contributed by atoms with van der Waals surface area (Å²) >= 11 is 12.2. The fourth-order valence-electron chi connectivity index (χ4n) is 2.16. The smallest absolute Gasteiger partial charge is 0.0825 e. The van der Waals surface area contributed by atoms with Gasteiger partial charge in [-0.3, -0.25) is 0 Å². The average molecular weight is 259 g/mol. The van der Waals surface area contributed by atoms with Gasteiger partial charge in [0.25, 0.3) is 0 Å². The van der Waals surface area contributed by atoms with Gasteiger partial charge in [-0.15, -0.1) is 0 Å². The summed E-state index contributed by atoms with van der Waals surface area (Å²) in [4.78, 5) is 2.25. The van der Waals surface area contributed by atoms with Crippen LogP contribution in [0.3, 0.4) is 0 Å². The highest BCUT2D eigenvalue weighted by Gasteiger charge is 2.20. The molecule has 0 atom stereocenters. The molecule has 1 heterocycles. The van der Waals surface area contributed by atoms with E-state index < -0.39 is 0 Å². The zero-order chi connectivity index (χ0) is 11.5. The van der Waals surface area contributed by atoms with Gasteiger partial charge in [0.2, 0.25) is 0 Å². The van der Waals surface area contributed by atoms with E-state index in [0.717, 1.165) is 31.6 Å². The van der Waals surface area contributed by atoms with E-state index in [0.29, 0.717) is 16.1 Å². The molecule has 0 unspecified atom stereocenters. The van der Waals surface area contributed by atoms with Gasteiger partial charge in [0, 0.05) is 13.1 Å². The summed E-state index contributed by atoms with van der Waals surface area (Å²) in [5.74, 6) is 0. The van der Waals surface area contributed by atoms with E-state index in [2.05, 4.69) is 17.3 Å². The number of benzene rings is 1. The first kappa shape index (κ1) is 12.0. The number of nitrogens with one attached hydrogen (secondary N) is 1. The molecule has 1 fully saturated rings. The van der Waals surface area contributed by atoms with Crippen LogP contribution in [-0.4, -0.2) is 26.2 Å². The third kappa shape index (κ3) is 2.45. The predicted molar refractivity (Wildman–Crippen MR) is 70.8 cm³/mol. The van der Waals surface area contributed by atoms with E-state index in [1.165, 1.54) is 0 Å². The van der Waals surface area contributed by atoms with Crippen molar-refractivity contribution in [2.75, 3.05) is 25.0 Å². The minimum atomic E-state index is 0.553. The molecular formula is C12H16Cl2N2. The lowest BCUT2D eigenvalue weighted by atomic mass is 10.0. The maximum Gasteiger partial charge on any atom is 0.0825 e. The molecule has 1 saturated heterocycles. The van der Waals surface area contributed by atoms with Gasteiger partial charge in [-0.05, 0) is 38.1 Å². The van der Waals surface area contributed by atoms with Crippen LogP contribution < -0.4 is 10.2 Å². The Hall–Kier alpha value is -0.440. The molecule has 88 valence electrons. The maximum atomic E-state index is 6.22. The summed E-state index contributed by atoms with van der Waals surface area (Å²) in [5, 5.41) is 4.64. The zero-order valence-corrected chi connectivity index (χ0v) is 10.9. The number of halogens is 2. The van der Waals surface area contributed by atoms with Gasteiger partial charge in [0.05, 0.1) is 15.7 Å². The Bertz CT molecular complexity index is 362. The van der Waals surface area contributed by atoms with Crippen molar-refractivity contribution < 1.29 is 0 Å². The number of nitrogens with zero attached hydrogens (tertiary/aromatic N) is 1. The van der Waals surface area contributed by atoms with Crippen LogP contribution in [-0.2, 0) is 0 Å². The highest BCUT2D eigenvalue weighted by atomic mass is 35.5. The summed E-state index contributed by atoms with van der Waals surface area (Å²) in [5.41, 5.74) is 1.03. The largest absolute Gasteiger partial charge is 0.370 e. The number of hydrogen-bond acceptors (Lipinski definition) is 2. The van der Waals surface area contributed by atoms with Crippen LogP contribution in [0.25, 0.3) is 0 Å². The molecular weight excluding hydrogens is 243 g/mol. The first-order valence-electron chi connectivity index (χ1n) is 5.57. The molecule has 1 aliphatic rings. The van der Waals surface area contributed by atoms with Gasteiger partial charge in [0.15, 0.2) is 0 Å². The van der Waals surface area contributed by atoms with Crippen molar-refractivity contribution in [3.8, 4) is 0 Å². The minimum Gasteiger partial charge on any atom is -0.370 e. The first-order chi connectivity index (χ1) is 7.70. The van der Waals surface area contributed by atoms with Crippen LogP contribution in [0, 0.1) is 0 Å². The monoisotopic (exact) mass is 258 g/mol. The number of rotatable bonds is 2. The van der Waals surface area contributed by atoms with Crippen LogP contribution in [0.1, 0.15) is 12.8 Å². The van der Waals surface area contributed by atoms with Gasteiger partial charge in [-0.25, -0.2) is 0 Å². The molecule has 4 heteroatoms. The highest BCUT2D eigenvalue weighted by molar-refractivity contribution is 6.43. The fraction of sp³-hybridized carbons (Fsp3) is 0.500. The van der Waals surface area contributed by atoms with Crippen LogP contribution in [0.15, 0.2) is 18.2 Å². The van der Waals surface area contributed by atoms with Crippen molar-refractivity contribution in [3.05, 3.63) is 28.2 Å². The van der Waals surface area contributed by atoms with Gasteiger partial charge >= 0.3 is 0 Å². The van der Waals surface area contributed by atoms with Crippen molar-refractivity contribution in [3.63, 3.8) is 0 Å². The first-order valence-corrected chi connectivity index (χ1v) is 6.33. The molecule has 1 N–H and O–H groups in total. The average Bonchev–Trinajstić information content (AvgIpc) is 2.33. The Balaban J connectivity index is 2.19. The van der Waals surface area contributed by atoms with Crippen LogP contribution in [0.2, 0.25) is 10.0 Å². The molecule has 0 aliphatic carbocycles. The topological polar surface area (TPSA) is 15.3 Å². The second kappa shape index (κ2) is 5.26. The van der Waals surface area contributed by atoms with Crippen molar-refractivity contribution in [2.24, 2.45) is 0 Å². The van der Waals surface area contributed by atoms with E-state index in [4.69, 9.17) is 23.2 Å². The van der Waals surface area contributed by atoms with Gasteiger partial charge in [0.1, 0.15) is 0 Å². The van der Waals surface area contributed by atoms with Crippen molar-refractivity contribution in [1.82, 2.24) is 5.32 Å². The Morgan fingerprint density at radius 1 is 1.25 bits per heavy atom. The molecule has 16 heavy (non-hydrogen) atoms. The van der Waals surface area contributed by atoms with Crippen LogP contribution in [0.4, 0.5) is 5.69 Å². The lowest BCUT2D eigenvalue weighted by Crippen LogP contribution is -2.41. The summed E-state index contributed by atoms with van der Waals surface area (Å²) < 4.78 is 0. The fourth-order valence-corrected chi connectivity index (χ4v) is 2.58. The van der Waals surface area contributed by atoms with E-state index in [9.17, 15) is 0 Å². The molecule has 0 radical (unpaired) electrons. The van der Waals surface area contributed by atoms with E-state index in [1.54, 1.807) is 0 Å². The Morgan fingerprint density at radius 3 is 2.62 bits per heavy atom. The number of piperidine rings is 1. The third-order valence-corrected chi connectivity index (χ3v) is 3.98. The molecule has 2 rings (SSSR count). The summed E-state index contributed by atoms with van der Waals surface area (Å²) in [6.07, 6.45) is 2.30. The highest BCUT2D eigenvalue weighted by Crippen LogP contribution is 2.33. The zero-order valence-electron chi connectivity index (χ0n) is 9.34. The lowest BCUT2D eigenvalue weighted by Gasteiger charge is -2.33. The molecule has 1 aliphatic heterocycles. The second-order valence-corrected chi connectivity index (χ2v) is 4.95. The van der Waals surface area contributed by atoms with Crippen LogP contribution >= 0.6 is 23.2 Å². The van der Waals surface area contributed by atoms with Gasteiger partial charge in [-0.1, -0.05) is 29.3 Å². The third-order valence-electron chi connectivity index (χ3n) is 3.17. The Kier molecular flexibility index (Phi) is 3.95. The van der Waals surface area contributed by atoms with E-state index in [-0.39, 0.29) is 0 Å². The summed E-state index contributed by atoms with van der Waals surface area (Å²) in [7, 11) is 2.09. The molecule has 0 spiro atoms. The number of hydrogen-bond donors (Lipinski definition) is 1. The quantitative estimate of drug-likeness (QED) is 0.877. The standard InChI is InChI=1S/C12H16Cl2N2/c1-16(9-5-7-15-8-6-9)11-4-2-3-10(13)12(11)14/h2-4,9,15H,5-8H2,1H3. The van der Waals surface area contributed by atoms with Crippen LogP contribution in [0.5, 0.6) is 0 Å². The number of anilines is 1. The van der Waals surface area contributed by atoms with Crippen molar-refractivity contribution in [1.29, 1.82) is 0 Å². The molecule has 1 aromatic carbocycles. The molecule has 0 bridgehead atoms. The molecule has 0 saturated carbocycles. The van der Waals surface area contributed by atoms with Gasteiger partial charge < -0.3 is 10.2 Å². The van der Waals surface area contributed by atoms with E-state index in [1.807, 2.05) is 18.2 Å². The lowest BCUT2D eigenvalue weighted by molar-refractivity contribution is 0.443. The van der Waals surface area contributed by atoms with Gasteiger partial charge in [-0.2, -0.15) is 0 Å². The van der Waals surface area contributed by atoms with E-state index >= 15 is 0 Å². The second-order valence-electron chi connectivity index (χ2n) is 4.17. The van der Waals surface area contributed by atoms with Crippen molar-refractivity contribution >= 4 is 28.9 Å². The minimum absolute atomic E-state index is 0.553. The Labute approximate surface area is 107 Å². The van der Waals surface area contributed by atoms with Crippen molar-refractivity contribution in [2.45, 2.75) is 18.9 Å². The molecule has 0 aromatic heterocycles. The molecule has 1 aromatic rings. The summed E-state index contributed by atoms with van der Waals surface area (Å²) in [6.45, 7) is 2.15.